The molecule has 1 rings (SSSR count). The molecule has 0 bridgehead atoms. The number of alkyl halides is 3. The SMILES string of the molecule is CCC=CCC=CCC=CCC=CCC=CCC=CCCC(=O)NCCCOC(=O)c1ccc(C(F)(F)F)cc1OC(=O)CCC=CCC=CCC=CCC=CCC=CCC=CCC. The summed E-state index contributed by atoms with van der Waals surface area (Å²) in [4.78, 5) is 37.6. The fourth-order valence-corrected chi connectivity index (χ4v) is 5.45. The molecule has 0 aliphatic carbocycles. The fraction of sp³-hybridized carbons (Fsp3) is 0.400. The van der Waals surface area contributed by atoms with Crippen molar-refractivity contribution in [2.24, 2.45) is 0 Å². The first-order chi connectivity index (χ1) is 31.2. The summed E-state index contributed by atoms with van der Waals surface area (Å²) in [6.45, 7) is 4.41. The molecular formula is C55H72F3NO5. The van der Waals surface area contributed by atoms with Crippen LogP contribution in [0.25, 0.3) is 0 Å². The van der Waals surface area contributed by atoms with Gasteiger partial charge < -0.3 is 14.8 Å². The third-order valence-electron chi connectivity index (χ3n) is 8.88. The number of ether oxygens (including phenoxy) is 2. The van der Waals surface area contributed by atoms with Crippen LogP contribution in [-0.4, -0.2) is 31.0 Å². The number of allylic oxidation sites excluding steroid dienone is 24. The Morgan fingerprint density at radius 3 is 1.30 bits per heavy atom. The first-order valence-corrected chi connectivity index (χ1v) is 22.8. The number of rotatable bonds is 34. The highest BCUT2D eigenvalue weighted by Crippen LogP contribution is 2.33. The van der Waals surface area contributed by atoms with Gasteiger partial charge in [-0.15, -0.1) is 0 Å². The number of esters is 2. The van der Waals surface area contributed by atoms with Gasteiger partial charge in [-0.1, -0.05) is 160 Å². The molecule has 0 fully saturated rings. The van der Waals surface area contributed by atoms with E-state index in [2.05, 4.69) is 129 Å². The Morgan fingerprint density at radius 1 is 0.531 bits per heavy atom. The summed E-state index contributed by atoms with van der Waals surface area (Å²) in [6.07, 6.45) is 58.0. The average Bonchev–Trinajstić information content (AvgIpc) is 3.27. The minimum atomic E-state index is -4.71. The van der Waals surface area contributed by atoms with Crippen molar-refractivity contribution in [2.75, 3.05) is 13.2 Å². The second-order valence-corrected chi connectivity index (χ2v) is 14.4. The maximum absolute atomic E-state index is 13.5. The molecule has 0 atom stereocenters. The molecule has 1 amide bonds. The number of nitrogens with one attached hydrogen (secondary N) is 1. The number of benzene rings is 1. The van der Waals surface area contributed by atoms with Gasteiger partial charge in [0.2, 0.25) is 5.91 Å². The minimum Gasteiger partial charge on any atom is -0.462 e. The lowest BCUT2D eigenvalue weighted by atomic mass is 10.1. The van der Waals surface area contributed by atoms with Crippen molar-refractivity contribution < 1.29 is 37.0 Å². The van der Waals surface area contributed by atoms with Gasteiger partial charge in [0.05, 0.1) is 12.2 Å². The fourth-order valence-electron chi connectivity index (χ4n) is 5.45. The Bertz CT molecular complexity index is 1800. The standard InChI is InChI=1S/C55H72F3NO5/c1-3-5-7-9-11-13-15-17-19-21-23-25-27-29-31-33-35-37-39-42-52(60)59-46-41-47-63-54(62)50-45-44-49(55(56,57)58)48-51(50)64-53(61)43-40-38-36-34-32-30-28-26-24-22-20-18-16-14-12-10-8-6-4-2/h5-8,11-14,17-20,23-26,29-32,35-38,44-45,48H,3-4,9-10,15-16,21-22,27-28,33-34,39-43,46-47H2,1-2H3,(H,59,60). The molecule has 6 nitrogen and oxygen atoms in total. The summed E-state index contributed by atoms with van der Waals surface area (Å²) in [5.41, 5.74) is -1.36. The van der Waals surface area contributed by atoms with Crippen LogP contribution in [0.1, 0.15) is 139 Å². The van der Waals surface area contributed by atoms with Gasteiger partial charge in [0, 0.05) is 19.4 Å². The maximum Gasteiger partial charge on any atom is 0.416 e. The molecule has 0 saturated heterocycles. The molecule has 348 valence electrons. The summed E-state index contributed by atoms with van der Waals surface area (Å²) < 4.78 is 50.9. The Morgan fingerprint density at radius 2 is 0.906 bits per heavy atom. The highest BCUT2D eigenvalue weighted by Gasteiger charge is 2.32. The van der Waals surface area contributed by atoms with Gasteiger partial charge in [-0.05, 0) is 115 Å². The van der Waals surface area contributed by atoms with Crippen molar-refractivity contribution in [2.45, 2.75) is 129 Å². The minimum absolute atomic E-state index is 0.0906. The second kappa shape index (κ2) is 40.1. The second-order valence-electron chi connectivity index (χ2n) is 14.4. The molecule has 0 aliphatic rings. The monoisotopic (exact) mass is 884 g/mol. The quantitative estimate of drug-likeness (QED) is 0.0323. The van der Waals surface area contributed by atoms with Gasteiger partial charge in [0.15, 0.2) is 0 Å². The lowest BCUT2D eigenvalue weighted by Crippen LogP contribution is -2.25. The lowest BCUT2D eigenvalue weighted by molar-refractivity contribution is -0.139. The molecule has 0 saturated carbocycles. The summed E-state index contributed by atoms with van der Waals surface area (Å²) in [5.74, 6) is -2.38. The molecule has 0 unspecified atom stereocenters. The zero-order valence-electron chi connectivity index (χ0n) is 38.2. The summed E-state index contributed by atoms with van der Waals surface area (Å²) >= 11 is 0. The Labute approximate surface area is 382 Å². The van der Waals surface area contributed by atoms with Crippen LogP contribution in [0, 0.1) is 0 Å². The van der Waals surface area contributed by atoms with E-state index in [1.807, 2.05) is 30.4 Å². The van der Waals surface area contributed by atoms with Gasteiger partial charge in [-0.25, -0.2) is 4.79 Å². The predicted molar refractivity (Wildman–Crippen MR) is 260 cm³/mol. The van der Waals surface area contributed by atoms with Crippen molar-refractivity contribution in [3.63, 3.8) is 0 Å². The Hall–Kier alpha value is -5.70. The van der Waals surface area contributed by atoms with Crippen LogP contribution in [0.4, 0.5) is 13.2 Å². The van der Waals surface area contributed by atoms with Gasteiger partial charge >= 0.3 is 18.1 Å². The van der Waals surface area contributed by atoms with E-state index < -0.39 is 29.4 Å². The van der Waals surface area contributed by atoms with E-state index in [1.54, 1.807) is 6.08 Å². The van der Waals surface area contributed by atoms with Crippen molar-refractivity contribution in [1.82, 2.24) is 5.32 Å². The van der Waals surface area contributed by atoms with E-state index in [4.69, 9.17) is 9.47 Å². The van der Waals surface area contributed by atoms with Crippen LogP contribution in [0.5, 0.6) is 5.75 Å². The molecule has 9 heteroatoms. The van der Waals surface area contributed by atoms with Gasteiger partial charge in [0.25, 0.3) is 0 Å². The van der Waals surface area contributed by atoms with Crippen molar-refractivity contribution in [1.29, 1.82) is 0 Å². The Kier molecular flexibility index (Phi) is 35.3. The molecule has 1 N–H and O–H groups in total. The van der Waals surface area contributed by atoms with Crippen LogP contribution >= 0.6 is 0 Å². The zero-order valence-corrected chi connectivity index (χ0v) is 38.2. The number of hydrogen-bond acceptors (Lipinski definition) is 5. The van der Waals surface area contributed by atoms with Crippen LogP contribution in [-0.2, 0) is 20.5 Å². The van der Waals surface area contributed by atoms with Gasteiger partial charge in [-0.3, -0.25) is 9.59 Å². The van der Waals surface area contributed by atoms with Crippen LogP contribution < -0.4 is 10.1 Å². The zero-order chi connectivity index (χ0) is 46.6. The molecule has 0 spiro atoms. The van der Waals surface area contributed by atoms with Gasteiger partial charge in [-0.2, -0.15) is 13.2 Å². The molecule has 0 aliphatic heterocycles. The maximum atomic E-state index is 13.5. The third kappa shape index (κ3) is 33.9. The highest BCUT2D eigenvalue weighted by molar-refractivity contribution is 5.93. The summed E-state index contributed by atoms with van der Waals surface area (Å²) in [7, 11) is 0. The molecule has 1 aromatic carbocycles. The summed E-state index contributed by atoms with van der Waals surface area (Å²) in [6, 6.07) is 2.31. The van der Waals surface area contributed by atoms with Crippen LogP contribution in [0.2, 0.25) is 0 Å². The van der Waals surface area contributed by atoms with E-state index >= 15 is 0 Å². The number of halogens is 3. The van der Waals surface area contributed by atoms with E-state index in [1.165, 1.54) is 0 Å². The largest absolute Gasteiger partial charge is 0.462 e. The summed E-state index contributed by atoms with van der Waals surface area (Å²) in [5, 5.41) is 2.77. The smallest absolute Gasteiger partial charge is 0.416 e. The van der Waals surface area contributed by atoms with Crippen molar-refractivity contribution in [3.8, 4) is 5.75 Å². The van der Waals surface area contributed by atoms with Crippen LogP contribution in [0.15, 0.2) is 164 Å². The number of carbonyl (C=O) groups is 3. The van der Waals surface area contributed by atoms with E-state index in [9.17, 15) is 27.6 Å². The first kappa shape index (κ1) is 56.3. The molecule has 64 heavy (non-hydrogen) atoms. The van der Waals surface area contributed by atoms with E-state index in [-0.39, 0.29) is 31.0 Å². The number of hydrogen-bond donors (Lipinski definition) is 1. The highest BCUT2D eigenvalue weighted by atomic mass is 19.4. The molecule has 1 aromatic rings. The third-order valence-corrected chi connectivity index (χ3v) is 8.88. The van der Waals surface area contributed by atoms with E-state index in [0.29, 0.717) is 38.2 Å². The predicted octanol–water partition coefficient (Wildman–Crippen LogP) is 15.2. The first-order valence-electron chi connectivity index (χ1n) is 22.8. The van der Waals surface area contributed by atoms with Crippen LogP contribution in [0.3, 0.4) is 0 Å². The molecule has 0 radical (unpaired) electrons. The molecule has 0 heterocycles. The van der Waals surface area contributed by atoms with Crippen molar-refractivity contribution in [3.05, 3.63) is 175 Å². The molecular weight excluding hydrogens is 812 g/mol. The van der Waals surface area contributed by atoms with Crippen molar-refractivity contribution >= 4 is 17.8 Å². The normalized spacial score (nSPS) is 13.1. The number of amides is 1. The lowest BCUT2D eigenvalue weighted by Gasteiger charge is -2.13. The number of carbonyl (C=O) groups excluding carboxylic acids is 3. The Balaban J connectivity index is 2.33. The molecule has 0 aromatic heterocycles. The average molecular weight is 884 g/mol. The topological polar surface area (TPSA) is 81.7 Å². The van der Waals surface area contributed by atoms with Gasteiger partial charge in [0.1, 0.15) is 11.3 Å². The van der Waals surface area contributed by atoms with E-state index in [0.717, 1.165) is 82.8 Å².